The van der Waals surface area contributed by atoms with Gasteiger partial charge in [0.15, 0.2) is 0 Å². The number of nitrogens with one attached hydrogen (secondary N) is 1. The van der Waals surface area contributed by atoms with E-state index < -0.39 is 6.10 Å². The Morgan fingerprint density at radius 3 is 2.79 bits per heavy atom. The lowest BCUT2D eigenvalue weighted by Crippen LogP contribution is -2.29. The van der Waals surface area contributed by atoms with E-state index in [1.54, 1.807) is 10.9 Å². The maximum Gasteiger partial charge on any atom is 0.135 e. The zero-order valence-corrected chi connectivity index (χ0v) is 16.2. The van der Waals surface area contributed by atoms with Crippen molar-refractivity contribution in [2.75, 3.05) is 12.3 Å². The summed E-state index contributed by atoms with van der Waals surface area (Å²) in [5.41, 5.74) is 9.30. The summed E-state index contributed by atoms with van der Waals surface area (Å²) >= 11 is 0. The number of nitrogens with zero attached hydrogens (tertiary/aromatic N) is 4. The number of nitrogen functional groups attached to an aromatic ring is 1. The van der Waals surface area contributed by atoms with Crippen LogP contribution in [0.5, 0.6) is 0 Å². The lowest BCUT2D eigenvalue weighted by molar-refractivity contribution is -0.0532. The molecule has 8 heteroatoms. The summed E-state index contributed by atoms with van der Waals surface area (Å²) in [6.07, 6.45) is 2.86. The Kier molecular flexibility index (Phi) is 4.52. The lowest BCUT2D eigenvalue weighted by Gasteiger charge is -2.21. The minimum atomic E-state index is -0.666. The maximum absolute atomic E-state index is 10.3. The van der Waals surface area contributed by atoms with Crippen molar-refractivity contribution < 1.29 is 9.84 Å². The highest BCUT2D eigenvalue weighted by molar-refractivity contribution is 6.08. The molecule has 1 unspecified atom stereocenters. The number of hydrogen-bond acceptors (Lipinski definition) is 6. The van der Waals surface area contributed by atoms with Crippen LogP contribution in [0.15, 0.2) is 36.7 Å². The molecular formula is C20H24N6O2. The van der Waals surface area contributed by atoms with Crippen LogP contribution in [-0.4, -0.2) is 48.4 Å². The zero-order chi connectivity index (χ0) is 19.9. The number of anilines is 1. The molecule has 0 amide bonds. The average molecular weight is 380 g/mol. The Balaban J connectivity index is 1.66. The Bertz CT molecular complexity index is 1110. The Morgan fingerprint density at radius 1 is 1.25 bits per heavy atom. The first-order valence-corrected chi connectivity index (χ1v) is 9.18. The summed E-state index contributed by atoms with van der Waals surface area (Å²) in [5, 5.41) is 23.5. The first kappa shape index (κ1) is 18.4. The number of aromatic nitrogens is 5. The number of aromatic amines is 1. The predicted molar refractivity (Wildman–Crippen MR) is 109 cm³/mol. The third-order valence-electron chi connectivity index (χ3n) is 4.45. The molecule has 8 nitrogen and oxygen atoms in total. The van der Waals surface area contributed by atoms with Crippen LogP contribution in [0.1, 0.15) is 20.8 Å². The number of rotatable bonds is 5. The molecule has 146 valence electrons. The van der Waals surface area contributed by atoms with Crippen molar-refractivity contribution in [3.63, 3.8) is 0 Å². The molecule has 4 N–H and O–H groups in total. The number of aliphatic hydroxyl groups is 1. The summed E-state index contributed by atoms with van der Waals surface area (Å²) in [7, 11) is 0. The van der Waals surface area contributed by atoms with Gasteiger partial charge in [-0.3, -0.25) is 9.78 Å². The Hall–Kier alpha value is -2.97. The van der Waals surface area contributed by atoms with Crippen molar-refractivity contribution >= 4 is 27.6 Å². The monoisotopic (exact) mass is 380 g/mol. The third kappa shape index (κ3) is 3.69. The fourth-order valence-corrected chi connectivity index (χ4v) is 3.11. The van der Waals surface area contributed by atoms with E-state index >= 15 is 0 Å². The Labute approximate surface area is 162 Å². The van der Waals surface area contributed by atoms with Gasteiger partial charge in [0.1, 0.15) is 11.3 Å². The van der Waals surface area contributed by atoms with Crippen LogP contribution in [0.2, 0.25) is 0 Å². The molecule has 1 atom stereocenters. The predicted octanol–water partition coefficient (Wildman–Crippen LogP) is 2.73. The summed E-state index contributed by atoms with van der Waals surface area (Å²) in [5.74, 6) is 0.413. The quantitative estimate of drug-likeness (QED) is 0.490. The number of ether oxygens (including phenoxy) is 1. The standard InChI is InChI=1S/C20H24N6O2/c1-20(2,3)28-11-13(27)9-26-10-15-18(25-26)14-5-4-12(16-6-7-22-24-16)8-17(14)23-19(15)21/h4-8,10,13,27H,9,11H2,1-3H3,(H2,21,23)(H,22,24). The van der Waals surface area contributed by atoms with Gasteiger partial charge in [-0.05, 0) is 39.0 Å². The van der Waals surface area contributed by atoms with Crippen LogP contribution in [0.3, 0.4) is 0 Å². The number of pyridine rings is 1. The van der Waals surface area contributed by atoms with Crippen molar-refractivity contribution in [2.24, 2.45) is 0 Å². The normalized spacial score (nSPS) is 13.4. The van der Waals surface area contributed by atoms with Gasteiger partial charge in [0.05, 0.1) is 41.5 Å². The molecule has 0 aliphatic carbocycles. The summed E-state index contributed by atoms with van der Waals surface area (Å²) in [6, 6.07) is 7.84. The highest BCUT2D eigenvalue weighted by atomic mass is 16.5. The molecule has 0 aliphatic heterocycles. The third-order valence-corrected chi connectivity index (χ3v) is 4.45. The molecule has 28 heavy (non-hydrogen) atoms. The van der Waals surface area contributed by atoms with Gasteiger partial charge in [-0.25, -0.2) is 4.98 Å². The molecule has 1 aromatic carbocycles. The minimum absolute atomic E-state index is 0.238. The van der Waals surface area contributed by atoms with E-state index in [0.29, 0.717) is 12.4 Å². The number of H-pyrrole nitrogens is 1. The van der Waals surface area contributed by atoms with Crippen molar-refractivity contribution in [1.82, 2.24) is 25.0 Å². The fraction of sp³-hybridized carbons (Fsp3) is 0.350. The molecule has 4 rings (SSSR count). The van der Waals surface area contributed by atoms with Gasteiger partial charge in [0.2, 0.25) is 0 Å². The second-order valence-electron chi connectivity index (χ2n) is 7.89. The molecule has 3 aromatic heterocycles. The lowest BCUT2D eigenvalue weighted by atomic mass is 10.1. The van der Waals surface area contributed by atoms with E-state index in [2.05, 4.69) is 20.3 Å². The zero-order valence-electron chi connectivity index (χ0n) is 16.2. The molecule has 0 bridgehead atoms. The van der Waals surface area contributed by atoms with Crippen LogP contribution >= 0.6 is 0 Å². The van der Waals surface area contributed by atoms with Gasteiger partial charge >= 0.3 is 0 Å². The minimum Gasteiger partial charge on any atom is -0.389 e. The molecule has 3 heterocycles. The smallest absolute Gasteiger partial charge is 0.135 e. The first-order chi connectivity index (χ1) is 13.3. The van der Waals surface area contributed by atoms with Gasteiger partial charge in [-0.2, -0.15) is 10.2 Å². The number of aliphatic hydroxyl groups excluding tert-OH is 1. The average Bonchev–Trinajstić information content (AvgIpc) is 3.29. The summed E-state index contributed by atoms with van der Waals surface area (Å²) in [6.45, 7) is 6.42. The van der Waals surface area contributed by atoms with Crippen LogP contribution < -0.4 is 5.73 Å². The van der Waals surface area contributed by atoms with E-state index in [0.717, 1.165) is 33.1 Å². The molecule has 0 saturated heterocycles. The molecule has 0 saturated carbocycles. The second kappa shape index (κ2) is 6.88. The largest absolute Gasteiger partial charge is 0.389 e. The highest BCUT2D eigenvalue weighted by Gasteiger charge is 2.16. The van der Waals surface area contributed by atoms with Crippen molar-refractivity contribution in [3.05, 3.63) is 36.7 Å². The highest BCUT2D eigenvalue weighted by Crippen LogP contribution is 2.29. The van der Waals surface area contributed by atoms with E-state index in [9.17, 15) is 5.11 Å². The molecule has 0 fully saturated rings. The molecule has 0 spiro atoms. The number of benzene rings is 1. The molecule has 4 aromatic rings. The van der Waals surface area contributed by atoms with E-state index in [1.165, 1.54) is 0 Å². The van der Waals surface area contributed by atoms with Gasteiger partial charge in [0, 0.05) is 23.3 Å². The van der Waals surface area contributed by atoms with E-state index in [4.69, 9.17) is 10.5 Å². The summed E-state index contributed by atoms with van der Waals surface area (Å²) in [4.78, 5) is 4.54. The molecule has 0 aliphatic rings. The van der Waals surface area contributed by atoms with E-state index in [1.807, 2.05) is 51.2 Å². The van der Waals surface area contributed by atoms with Crippen LogP contribution in [0.25, 0.3) is 33.1 Å². The van der Waals surface area contributed by atoms with Gasteiger partial charge in [0.25, 0.3) is 0 Å². The number of hydrogen-bond donors (Lipinski definition) is 3. The van der Waals surface area contributed by atoms with Gasteiger partial charge in [-0.15, -0.1) is 0 Å². The van der Waals surface area contributed by atoms with E-state index in [-0.39, 0.29) is 12.2 Å². The van der Waals surface area contributed by atoms with Crippen molar-refractivity contribution in [3.8, 4) is 11.3 Å². The summed E-state index contributed by atoms with van der Waals surface area (Å²) < 4.78 is 7.34. The van der Waals surface area contributed by atoms with Crippen molar-refractivity contribution in [1.29, 1.82) is 0 Å². The van der Waals surface area contributed by atoms with Gasteiger partial charge < -0.3 is 15.6 Å². The SMILES string of the molecule is CC(C)(C)OCC(O)Cn1cc2c(N)nc3cc(-c4ccn[nH]4)ccc3c2n1. The number of nitrogens with two attached hydrogens (primary N) is 1. The molecule has 0 radical (unpaired) electrons. The number of fused-ring (bicyclic) bond motifs is 3. The van der Waals surface area contributed by atoms with Crippen LogP contribution in [0, 0.1) is 0 Å². The first-order valence-electron chi connectivity index (χ1n) is 9.18. The van der Waals surface area contributed by atoms with Crippen LogP contribution in [0.4, 0.5) is 5.82 Å². The molecular weight excluding hydrogens is 356 g/mol. The maximum atomic E-state index is 10.3. The van der Waals surface area contributed by atoms with Gasteiger partial charge in [-0.1, -0.05) is 6.07 Å². The Morgan fingerprint density at radius 2 is 2.07 bits per heavy atom. The second-order valence-corrected chi connectivity index (χ2v) is 7.89. The fourth-order valence-electron chi connectivity index (χ4n) is 3.11. The van der Waals surface area contributed by atoms with Crippen LogP contribution in [-0.2, 0) is 11.3 Å². The van der Waals surface area contributed by atoms with Crippen molar-refractivity contribution in [2.45, 2.75) is 39.0 Å². The topological polar surface area (TPSA) is 115 Å².